The second-order valence-corrected chi connectivity index (χ2v) is 16.5. The van der Waals surface area contributed by atoms with Gasteiger partial charge < -0.3 is 9.40 Å². The van der Waals surface area contributed by atoms with E-state index in [-0.39, 0.29) is 36.4 Å². The minimum Gasteiger partial charge on any atom is -0.501 e. The number of pyridine rings is 1. The molecule has 0 spiro atoms. The molecule has 4 nitrogen and oxygen atoms in total. The number of aromatic nitrogens is 3. The second-order valence-electron chi connectivity index (χ2n) is 16.5. The zero-order chi connectivity index (χ0) is 36.1. The first-order valence-corrected chi connectivity index (χ1v) is 17.7. The van der Waals surface area contributed by atoms with Crippen LogP contribution in [0.3, 0.4) is 0 Å². The number of fused-ring (bicyclic) bond motifs is 6. The Morgan fingerprint density at radius 2 is 1.35 bits per heavy atom. The topological polar surface area (TPSA) is 51.8 Å². The van der Waals surface area contributed by atoms with Crippen molar-refractivity contribution in [3.63, 3.8) is 0 Å². The normalized spacial score (nSPS) is 12.2. The summed E-state index contributed by atoms with van der Waals surface area (Å²) in [6.45, 7) is 19.8. The maximum absolute atomic E-state index is 6.66. The van der Waals surface area contributed by atoms with Gasteiger partial charge in [-0.3, -0.25) is 4.98 Å². The summed E-state index contributed by atoms with van der Waals surface area (Å²) in [5.41, 5.74) is 8.97. The van der Waals surface area contributed by atoms with Crippen LogP contribution >= 0.6 is 0 Å². The summed E-state index contributed by atoms with van der Waals surface area (Å²) in [6.07, 6.45) is 3.60. The Morgan fingerprint density at radius 3 is 2.02 bits per heavy atom. The Kier molecular flexibility index (Phi) is 10.00. The fraction of sp³-hybridized carbons (Fsp3) is 0.255. The molecule has 3 heterocycles. The van der Waals surface area contributed by atoms with E-state index in [0.29, 0.717) is 0 Å². The first kappa shape index (κ1) is 37.1. The van der Waals surface area contributed by atoms with E-state index in [9.17, 15) is 0 Å². The van der Waals surface area contributed by atoms with Crippen molar-refractivity contribution in [2.75, 3.05) is 0 Å². The molecule has 0 saturated carbocycles. The third-order valence-electron chi connectivity index (χ3n) is 9.52. The van der Waals surface area contributed by atoms with Crippen molar-refractivity contribution >= 4 is 43.5 Å². The maximum atomic E-state index is 6.66. The monoisotopic (exact) mass is 860 g/mol. The van der Waals surface area contributed by atoms with E-state index < -0.39 is 0 Å². The minimum absolute atomic E-state index is 0. The molecule has 0 amide bonds. The molecule has 1 radical (unpaired) electrons. The van der Waals surface area contributed by atoms with Crippen LogP contribution in [0.4, 0.5) is 0 Å². The molecule has 8 rings (SSSR count). The van der Waals surface area contributed by atoms with Gasteiger partial charge in [0.25, 0.3) is 0 Å². The van der Waals surface area contributed by atoms with Gasteiger partial charge >= 0.3 is 0 Å². The fourth-order valence-electron chi connectivity index (χ4n) is 6.56. The van der Waals surface area contributed by atoms with E-state index in [4.69, 9.17) is 4.42 Å². The molecule has 5 aromatic carbocycles. The Labute approximate surface area is 321 Å². The number of nitrogens with zero attached hydrogens (tertiary/aromatic N) is 3. The smallest absolute Gasteiger partial charge is 0.121 e. The van der Waals surface area contributed by atoms with Crippen LogP contribution in [0, 0.1) is 12.1 Å². The molecule has 5 heteroatoms. The van der Waals surface area contributed by atoms with Crippen LogP contribution in [0.25, 0.3) is 66.0 Å². The number of hydrogen-bond acceptors (Lipinski definition) is 4. The first-order valence-electron chi connectivity index (χ1n) is 17.7. The first-order chi connectivity index (χ1) is 24.2. The van der Waals surface area contributed by atoms with Crippen LogP contribution < -0.4 is 0 Å². The average Bonchev–Trinajstić information content (AvgIpc) is 3.48. The Bertz CT molecular complexity index is 2510. The van der Waals surface area contributed by atoms with Gasteiger partial charge in [0, 0.05) is 42.8 Å². The van der Waals surface area contributed by atoms with Crippen molar-refractivity contribution in [1.29, 1.82) is 0 Å². The Hall–Kier alpha value is -4.70. The summed E-state index contributed by atoms with van der Waals surface area (Å²) < 4.78 is 6.66. The molecule has 0 unspecified atom stereocenters. The summed E-state index contributed by atoms with van der Waals surface area (Å²) in [7, 11) is 0. The Morgan fingerprint density at radius 1 is 0.596 bits per heavy atom. The summed E-state index contributed by atoms with van der Waals surface area (Å²) in [5.74, 6) is 0. The predicted molar refractivity (Wildman–Crippen MR) is 213 cm³/mol. The molecule has 0 aliphatic carbocycles. The van der Waals surface area contributed by atoms with Crippen molar-refractivity contribution < 1.29 is 24.5 Å². The van der Waals surface area contributed by atoms with E-state index >= 15 is 0 Å². The Balaban J connectivity index is 0.000000230. The predicted octanol–water partition coefficient (Wildman–Crippen LogP) is 12.6. The van der Waals surface area contributed by atoms with E-state index in [1.165, 1.54) is 32.7 Å². The van der Waals surface area contributed by atoms with Crippen LogP contribution in [0.1, 0.15) is 79.1 Å². The second kappa shape index (κ2) is 14.0. The molecule has 265 valence electrons. The molecule has 0 saturated heterocycles. The van der Waals surface area contributed by atoms with Crippen LogP contribution in [-0.2, 0) is 36.4 Å². The molecule has 3 aromatic heterocycles. The molecular formula is C47H45IrN3O-2. The van der Waals surface area contributed by atoms with Gasteiger partial charge in [0.15, 0.2) is 0 Å². The van der Waals surface area contributed by atoms with Crippen molar-refractivity contribution in [3.05, 3.63) is 139 Å². The number of benzene rings is 5. The quantitative estimate of drug-likeness (QED) is 0.128. The molecule has 0 aliphatic heterocycles. The summed E-state index contributed by atoms with van der Waals surface area (Å²) in [4.78, 5) is 13.6. The van der Waals surface area contributed by atoms with E-state index in [0.717, 1.165) is 50.1 Å². The summed E-state index contributed by atoms with van der Waals surface area (Å²) >= 11 is 0. The van der Waals surface area contributed by atoms with Crippen molar-refractivity contribution in [2.45, 2.75) is 78.6 Å². The average molecular weight is 860 g/mol. The zero-order valence-corrected chi connectivity index (χ0v) is 33.9. The van der Waals surface area contributed by atoms with Gasteiger partial charge in [-0.2, -0.15) is 0 Å². The molecule has 0 bridgehead atoms. The van der Waals surface area contributed by atoms with Gasteiger partial charge in [0.2, 0.25) is 0 Å². The van der Waals surface area contributed by atoms with Crippen LogP contribution in [-0.4, -0.2) is 15.0 Å². The molecule has 0 atom stereocenters. The third-order valence-corrected chi connectivity index (χ3v) is 9.52. The van der Waals surface area contributed by atoms with E-state index in [2.05, 4.69) is 162 Å². The zero-order valence-electron chi connectivity index (χ0n) is 31.5. The molecular weight excluding hydrogens is 815 g/mol. The summed E-state index contributed by atoms with van der Waals surface area (Å²) in [6, 6.07) is 40.4. The standard InChI is InChI=1S/C32H29N2O.C15H16N.Ir/c1-31(2,3)25-14-13-22(26-17-28(32(4,5)6)34-18-33-26)30-29(25)24-15-20-12-11-19-9-7-8-10-21(19)23(20)16-27(24)35-30;1-15(2,3)13-9-10-14(16-11-13)12-7-5-4-6-8-12;/h7-12,14-18H,1-6H3;4-7,9-11H,1-3H3;/q2*-1;. The van der Waals surface area contributed by atoms with Crippen molar-refractivity contribution in [2.24, 2.45) is 0 Å². The molecule has 0 aliphatic rings. The molecule has 52 heavy (non-hydrogen) atoms. The van der Waals surface area contributed by atoms with Gasteiger partial charge in [0.1, 0.15) is 11.9 Å². The van der Waals surface area contributed by atoms with Crippen LogP contribution in [0.5, 0.6) is 0 Å². The van der Waals surface area contributed by atoms with Gasteiger partial charge in [0.05, 0.1) is 5.58 Å². The van der Waals surface area contributed by atoms with Crippen LogP contribution in [0.15, 0.2) is 114 Å². The molecule has 8 aromatic rings. The van der Waals surface area contributed by atoms with Gasteiger partial charge in [-0.1, -0.05) is 128 Å². The number of hydrogen-bond donors (Lipinski definition) is 0. The molecule has 0 fully saturated rings. The van der Waals surface area contributed by atoms with Gasteiger partial charge in [-0.15, -0.1) is 53.6 Å². The number of furan rings is 1. The minimum atomic E-state index is -0.0746. The van der Waals surface area contributed by atoms with Crippen LogP contribution in [0.2, 0.25) is 0 Å². The SMILES string of the molecule is CC(C)(C)c1cc(-c2[c-]cc(C(C)(C)C)c3c2oc2cc4c(ccc5ccccc54)cc23)ncn1.CC(C)(C)c1ccc(-c2[c-]cccc2)nc1.[Ir]. The van der Waals surface area contributed by atoms with Crippen molar-refractivity contribution in [1.82, 2.24) is 15.0 Å². The fourth-order valence-corrected chi connectivity index (χ4v) is 6.56. The number of rotatable bonds is 2. The maximum Gasteiger partial charge on any atom is 0.121 e. The third kappa shape index (κ3) is 7.31. The molecule has 0 N–H and O–H groups in total. The largest absolute Gasteiger partial charge is 0.501 e. The van der Waals surface area contributed by atoms with E-state index in [1.54, 1.807) is 6.33 Å². The van der Waals surface area contributed by atoms with Gasteiger partial charge in [-0.25, -0.2) is 4.98 Å². The van der Waals surface area contributed by atoms with Crippen molar-refractivity contribution in [3.8, 4) is 22.5 Å². The van der Waals surface area contributed by atoms with Gasteiger partial charge in [-0.05, 0) is 61.5 Å². The summed E-state index contributed by atoms with van der Waals surface area (Å²) in [5, 5.41) is 7.16. The van der Waals surface area contributed by atoms with E-state index in [1.807, 2.05) is 30.5 Å².